The third-order valence-corrected chi connectivity index (χ3v) is 8.06. The number of amides is 1. The van der Waals surface area contributed by atoms with Gasteiger partial charge in [-0.05, 0) is 54.4 Å². The Morgan fingerprint density at radius 1 is 1.30 bits per heavy atom. The van der Waals surface area contributed by atoms with Gasteiger partial charge in [0.1, 0.15) is 5.02 Å². The van der Waals surface area contributed by atoms with E-state index in [9.17, 15) is 23.3 Å². The van der Waals surface area contributed by atoms with Crippen molar-refractivity contribution in [3.05, 3.63) is 54.7 Å². The van der Waals surface area contributed by atoms with Gasteiger partial charge in [0, 0.05) is 10.9 Å². The molecule has 0 saturated carbocycles. The average molecular weight is 472 g/mol. The maximum atomic E-state index is 12.5. The molecule has 3 rings (SSSR count). The molecule has 1 aliphatic rings. The molecule has 1 heterocycles. The molecular weight excluding hydrogens is 450 g/mol. The molecule has 8 nitrogen and oxygen atoms in total. The Bertz CT molecular complexity index is 1110. The zero-order chi connectivity index (χ0) is 22.3. The summed E-state index contributed by atoms with van der Waals surface area (Å²) in [6.07, 6.45) is 2.85. The van der Waals surface area contributed by atoms with Gasteiger partial charge in [0.2, 0.25) is 0 Å². The number of carbonyl (C=O) groups excluding carboxylic acids is 1. The van der Waals surface area contributed by atoms with E-state index >= 15 is 0 Å². The lowest BCUT2D eigenvalue weighted by Crippen LogP contribution is -2.41. The summed E-state index contributed by atoms with van der Waals surface area (Å²) in [5, 5.41) is 10.8. The number of nitrogens with one attached hydrogen (secondary N) is 2. The lowest BCUT2D eigenvalue weighted by Gasteiger charge is -2.33. The number of benzene rings is 1. The number of halogens is 1. The molecule has 0 bridgehead atoms. The third-order valence-electron chi connectivity index (χ3n) is 5.25. The van der Waals surface area contributed by atoms with Crippen LogP contribution in [0.15, 0.2) is 29.2 Å². The predicted octanol–water partition coefficient (Wildman–Crippen LogP) is 4.08. The number of nitrogens with zero attached hydrogens (tertiary/aromatic N) is 1. The van der Waals surface area contributed by atoms with E-state index in [2.05, 4.69) is 26.2 Å². The Morgan fingerprint density at radius 2 is 2.00 bits per heavy atom. The van der Waals surface area contributed by atoms with E-state index in [0.717, 1.165) is 47.9 Å². The van der Waals surface area contributed by atoms with E-state index in [-0.39, 0.29) is 15.3 Å². The summed E-state index contributed by atoms with van der Waals surface area (Å²) < 4.78 is 24.8. The van der Waals surface area contributed by atoms with E-state index in [0.29, 0.717) is 10.8 Å². The van der Waals surface area contributed by atoms with Crippen LogP contribution in [0, 0.1) is 21.4 Å². The van der Waals surface area contributed by atoms with Gasteiger partial charge in [-0.2, -0.15) is 0 Å². The minimum Gasteiger partial charge on any atom is -0.273 e. The molecule has 1 amide bonds. The number of hydrogen-bond acceptors (Lipinski definition) is 6. The molecule has 30 heavy (non-hydrogen) atoms. The SMILES string of the molecule is CC(C)(C)C1CCc2sc(C(=O)NNS(=O)(=O)c3ccc(Cl)c([N+](=O)[O-])c3)cc2C1. The van der Waals surface area contributed by atoms with Crippen LogP contribution >= 0.6 is 22.9 Å². The molecule has 1 aliphatic carbocycles. The van der Waals surface area contributed by atoms with Crippen molar-refractivity contribution >= 4 is 44.6 Å². The molecule has 1 aromatic carbocycles. The van der Waals surface area contributed by atoms with Crippen molar-refractivity contribution in [2.45, 2.75) is 44.9 Å². The van der Waals surface area contributed by atoms with Crippen LogP contribution < -0.4 is 10.3 Å². The molecule has 162 valence electrons. The molecule has 2 aromatic rings. The quantitative estimate of drug-likeness (QED) is 0.503. The van der Waals surface area contributed by atoms with Crippen molar-refractivity contribution in [3.8, 4) is 0 Å². The van der Waals surface area contributed by atoms with Crippen LogP contribution in [0.4, 0.5) is 5.69 Å². The summed E-state index contributed by atoms with van der Waals surface area (Å²) in [4.78, 5) is 25.9. The van der Waals surface area contributed by atoms with Gasteiger partial charge in [-0.3, -0.25) is 20.3 Å². The maximum Gasteiger partial charge on any atom is 0.289 e. The number of sulfonamides is 1. The fraction of sp³-hybridized carbons (Fsp3) is 0.421. The van der Waals surface area contributed by atoms with Crippen LogP contribution in [0.25, 0.3) is 0 Å². The topological polar surface area (TPSA) is 118 Å². The second-order valence-electron chi connectivity index (χ2n) is 8.29. The molecule has 0 aliphatic heterocycles. The summed E-state index contributed by atoms with van der Waals surface area (Å²) in [6.45, 7) is 6.62. The van der Waals surface area contributed by atoms with Crippen LogP contribution in [0.1, 0.15) is 47.3 Å². The van der Waals surface area contributed by atoms with E-state index in [4.69, 9.17) is 11.6 Å². The number of nitro benzene ring substituents is 1. The van der Waals surface area contributed by atoms with Crippen LogP contribution in [0.3, 0.4) is 0 Å². The lowest BCUT2D eigenvalue weighted by molar-refractivity contribution is -0.384. The fourth-order valence-electron chi connectivity index (χ4n) is 3.41. The van der Waals surface area contributed by atoms with E-state index in [1.165, 1.54) is 11.3 Å². The number of thiophene rings is 1. The van der Waals surface area contributed by atoms with E-state index in [1.54, 1.807) is 0 Å². The number of rotatable bonds is 5. The second-order valence-corrected chi connectivity index (χ2v) is 11.5. The van der Waals surface area contributed by atoms with Crippen molar-refractivity contribution in [2.75, 3.05) is 0 Å². The highest BCUT2D eigenvalue weighted by Gasteiger charge is 2.30. The number of nitro groups is 1. The summed E-state index contributed by atoms with van der Waals surface area (Å²) >= 11 is 7.07. The highest BCUT2D eigenvalue weighted by Crippen LogP contribution is 2.40. The van der Waals surface area contributed by atoms with Crippen molar-refractivity contribution in [1.29, 1.82) is 0 Å². The average Bonchev–Trinajstić information content (AvgIpc) is 3.09. The van der Waals surface area contributed by atoms with Crippen LogP contribution in [0.5, 0.6) is 0 Å². The lowest BCUT2D eigenvalue weighted by atomic mass is 9.72. The maximum absolute atomic E-state index is 12.5. The van der Waals surface area contributed by atoms with Crippen LogP contribution in [0.2, 0.25) is 5.02 Å². The molecule has 0 saturated heterocycles. The Labute approximate surface area is 183 Å². The Balaban J connectivity index is 1.71. The summed E-state index contributed by atoms with van der Waals surface area (Å²) in [5.41, 5.74) is 2.96. The monoisotopic (exact) mass is 471 g/mol. The normalized spacial score (nSPS) is 16.7. The Kier molecular flexibility index (Phi) is 6.24. The van der Waals surface area contributed by atoms with Crippen molar-refractivity contribution in [3.63, 3.8) is 0 Å². The van der Waals surface area contributed by atoms with Crippen LogP contribution in [-0.4, -0.2) is 19.2 Å². The number of hydrazine groups is 1. The number of fused-ring (bicyclic) bond motifs is 1. The van der Waals surface area contributed by atoms with Crippen LogP contribution in [-0.2, 0) is 22.9 Å². The molecule has 1 unspecified atom stereocenters. The Morgan fingerprint density at radius 3 is 2.63 bits per heavy atom. The van der Waals surface area contributed by atoms with Gasteiger partial charge in [0.25, 0.3) is 21.6 Å². The van der Waals surface area contributed by atoms with Gasteiger partial charge < -0.3 is 0 Å². The highest BCUT2D eigenvalue weighted by atomic mass is 35.5. The van der Waals surface area contributed by atoms with Gasteiger partial charge in [0.05, 0.1) is 14.7 Å². The first-order valence-electron chi connectivity index (χ1n) is 9.26. The molecule has 0 fully saturated rings. The van der Waals surface area contributed by atoms with Crippen molar-refractivity contribution in [2.24, 2.45) is 11.3 Å². The minimum absolute atomic E-state index is 0.179. The fourth-order valence-corrected chi connectivity index (χ4v) is 5.56. The number of aryl methyl sites for hydroxylation is 1. The molecule has 1 aromatic heterocycles. The molecule has 11 heteroatoms. The Hall–Kier alpha value is -2.01. The zero-order valence-electron chi connectivity index (χ0n) is 16.7. The summed E-state index contributed by atoms with van der Waals surface area (Å²) in [7, 11) is -4.21. The number of carbonyl (C=O) groups is 1. The zero-order valence-corrected chi connectivity index (χ0v) is 19.1. The third kappa shape index (κ3) is 4.83. The predicted molar refractivity (Wildman–Crippen MR) is 115 cm³/mol. The van der Waals surface area contributed by atoms with Gasteiger partial charge in [0.15, 0.2) is 0 Å². The number of hydrogen-bond donors (Lipinski definition) is 2. The first-order valence-corrected chi connectivity index (χ1v) is 11.9. The second kappa shape index (κ2) is 8.26. The van der Waals surface area contributed by atoms with Gasteiger partial charge in [-0.15, -0.1) is 16.2 Å². The van der Waals surface area contributed by atoms with E-state index in [1.807, 2.05) is 10.9 Å². The first kappa shape index (κ1) is 22.7. The molecule has 2 N–H and O–H groups in total. The van der Waals surface area contributed by atoms with Gasteiger partial charge >= 0.3 is 0 Å². The largest absolute Gasteiger partial charge is 0.289 e. The summed E-state index contributed by atoms with van der Waals surface area (Å²) in [5.74, 6) is -0.0524. The van der Waals surface area contributed by atoms with E-state index < -0.39 is 26.5 Å². The smallest absolute Gasteiger partial charge is 0.273 e. The molecular formula is C19H22ClN3O5S2. The minimum atomic E-state index is -4.21. The van der Waals surface area contributed by atoms with Gasteiger partial charge in [-0.25, -0.2) is 8.42 Å². The standard InChI is InChI=1S/C19H22ClN3O5S2/c1-19(2,3)12-4-7-16-11(8-12)9-17(29-16)18(24)21-22-30(27,28)13-5-6-14(20)15(10-13)23(25)26/h5-6,9-10,12,22H,4,7-8H2,1-3H3,(H,21,24). The summed E-state index contributed by atoms with van der Waals surface area (Å²) in [6, 6.07) is 4.90. The van der Waals surface area contributed by atoms with Crippen molar-refractivity contribution in [1.82, 2.24) is 10.3 Å². The highest BCUT2D eigenvalue weighted by molar-refractivity contribution is 7.89. The van der Waals surface area contributed by atoms with Gasteiger partial charge in [-0.1, -0.05) is 32.4 Å². The molecule has 0 spiro atoms. The molecule has 0 radical (unpaired) electrons. The first-order chi connectivity index (χ1) is 13.9. The molecule has 1 atom stereocenters. The van der Waals surface area contributed by atoms with Crippen molar-refractivity contribution < 1.29 is 18.1 Å².